The SMILES string of the molecule is Cc1ccc(OC2CC3CCC2N(C(=O)c2cc(C)cnc2-c2ccccn2)C3)nc1.Cc1ccc(OC2CC3CCC2N(C(=O)c2cccnc2-c2ccccn2)C3)nc1.Cc1ccc(OC2CC3CCC2N(C(=O)c2nccc(C)c2-c2ccccn2)C3)nc1.Cc1ccc(OC2CC3CCC2N(C(=O)c2ncccc2-c2ccccn2)C3)nc1. The van der Waals surface area contributed by atoms with Crippen LogP contribution in [0.15, 0.2) is 232 Å². The van der Waals surface area contributed by atoms with Crippen molar-refractivity contribution >= 4 is 23.6 Å². The van der Waals surface area contributed by atoms with Crippen molar-refractivity contribution in [2.45, 2.75) is 167 Å². The number of pyridine rings is 12. The summed E-state index contributed by atoms with van der Waals surface area (Å²) in [6, 6.07) is 49.8. The molecular formula is C98H100N16O8. The zero-order valence-electron chi connectivity index (χ0n) is 69.6. The van der Waals surface area contributed by atoms with Gasteiger partial charge in [-0.05, 0) is 261 Å². The highest BCUT2D eigenvalue weighted by Gasteiger charge is 2.50. The first-order chi connectivity index (χ1) is 59.6. The van der Waals surface area contributed by atoms with E-state index in [2.05, 4.69) is 59.8 Å². The number of hydrogen-bond donors (Lipinski definition) is 0. The summed E-state index contributed by atoms with van der Waals surface area (Å²) in [4.78, 5) is 116. The minimum Gasteiger partial charge on any atom is -0.472 e. The molecule has 12 unspecified atom stereocenters. The largest absolute Gasteiger partial charge is 0.472 e. The molecule has 4 saturated carbocycles. The van der Waals surface area contributed by atoms with E-state index in [-0.39, 0.29) is 72.2 Å². The Morgan fingerprint density at radius 3 is 1.05 bits per heavy atom. The van der Waals surface area contributed by atoms with Gasteiger partial charge in [-0.25, -0.2) is 19.9 Å². The second kappa shape index (κ2) is 36.8. The van der Waals surface area contributed by atoms with Gasteiger partial charge in [0.05, 0.1) is 58.1 Å². The van der Waals surface area contributed by atoms with Gasteiger partial charge in [0.1, 0.15) is 47.2 Å². The minimum absolute atomic E-state index is 0.00335. The number of hydrogen-bond acceptors (Lipinski definition) is 20. The van der Waals surface area contributed by atoms with Crippen LogP contribution in [0.2, 0.25) is 0 Å². The number of aromatic nitrogens is 12. The van der Waals surface area contributed by atoms with Crippen molar-refractivity contribution in [3.63, 3.8) is 0 Å². The van der Waals surface area contributed by atoms with Gasteiger partial charge in [0, 0.05) is 136 Å². The molecule has 12 atom stereocenters. The van der Waals surface area contributed by atoms with Crippen molar-refractivity contribution in [1.29, 1.82) is 0 Å². The molecular weight excluding hydrogens is 1530 g/mol. The van der Waals surface area contributed by atoms with E-state index in [0.29, 0.717) is 92.5 Å². The first-order valence-corrected chi connectivity index (χ1v) is 42.6. The molecule has 620 valence electrons. The number of nitrogens with zero attached hydrogens (tertiary/aromatic N) is 16. The van der Waals surface area contributed by atoms with Crippen LogP contribution in [0.3, 0.4) is 0 Å². The molecule has 24 rings (SSSR count). The quantitative estimate of drug-likeness (QED) is 0.0869. The van der Waals surface area contributed by atoms with Gasteiger partial charge in [-0.15, -0.1) is 0 Å². The molecule has 122 heavy (non-hydrogen) atoms. The summed E-state index contributed by atoms with van der Waals surface area (Å²) in [5.41, 5.74) is 14.3. The van der Waals surface area contributed by atoms with Gasteiger partial charge in [0.2, 0.25) is 23.5 Å². The summed E-state index contributed by atoms with van der Waals surface area (Å²) in [6.45, 7) is 15.0. The zero-order chi connectivity index (χ0) is 83.7. The fraction of sp³-hybridized carbons (Fsp3) is 0.347. The highest BCUT2D eigenvalue weighted by Crippen LogP contribution is 2.44. The highest BCUT2D eigenvalue weighted by atomic mass is 16.5. The van der Waals surface area contributed by atoms with Crippen molar-refractivity contribution in [2.75, 3.05) is 26.2 Å². The van der Waals surface area contributed by atoms with E-state index in [1.165, 1.54) is 0 Å². The molecule has 12 aromatic heterocycles. The molecule has 24 heteroatoms. The number of carbonyl (C=O) groups excluding carboxylic acids is 4. The molecule has 12 aromatic rings. The second-order valence-electron chi connectivity index (χ2n) is 33.6. The van der Waals surface area contributed by atoms with Crippen LogP contribution in [0.25, 0.3) is 45.3 Å². The number of carbonyl (C=O) groups is 4. The third-order valence-corrected chi connectivity index (χ3v) is 24.9. The lowest BCUT2D eigenvalue weighted by Crippen LogP contribution is -2.59. The standard InChI is InChI=1S/2C25H26N4O2.2C24H24N4O2/c1-16-6-9-22(28-14-16)31-21-13-18-7-8-20(21)29(15-18)25(30)24-23(17(2)10-12-27-24)19-5-3-4-11-26-19;1-16-6-9-23(27-13-16)31-22-12-18-7-8-21(22)29(15-18)25(30)19-11-17(2)14-28-24(19)20-5-3-4-10-26-20;1-16-7-10-22(27-14-16)30-21-13-17-8-9-20(21)28(15-17)24(29)18-5-4-12-26-23(18)19-6-2-3-11-25-19;1-16-7-10-22(27-14-16)30-21-13-17-8-9-20(21)28(15-17)24(29)23-18(5-4-12-26-23)19-6-2-3-11-25-19/h3-6,9-12,14,18,20-21H,7-8,13,15H2,1-2H3;3-6,9-11,13-14,18,21-22H,7-8,12,15H2,1-2H3;2*2-7,10-12,14,17,20-21H,8-9,13,15H2,1H3. The Bertz CT molecular complexity index is 5370. The van der Waals surface area contributed by atoms with Gasteiger partial charge in [0.15, 0.2) is 0 Å². The maximum Gasteiger partial charge on any atom is 0.273 e. The summed E-state index contributed by atoms with van der Waals surface area (Å²) in [5, 5.41) is 0. The molecule has 12 aliphatic rings. The van der Waals surface area contributed by atoms with Crippen molar-refractivity contribution in [2.24, 2.45) is 23.7 Å². The number of rotatable bonds is 16. The number of fused-ring (bicyclic) bond motifs is 12. The number of aryl methyl sites for hydroxylation is 6. The van der Waals surface area contributed by atoms with Crippen molar-refractivity contribution in [1.82, 2.24) is 79.4 Å². The maximum absolute atomic E-state index is 13.8. The molecule has 0 N–H and O–H groups in total. The van der Waals surface area contributed by atoms with Gasteiger partial charge >= 0.3 is 0 Å². The predicted octanol–water partition coefficient (Wildman–Crippen LogP) is 16.3. The summed E-state index contributed by atoms with van der Waals surface area (Å²) in [7, 11) is 0. The highest BCUT2D eigenvalue weighted by molar-refractivity contribution is 6.02. The Balaban J connectivity index is 0.000000116. The Labute approximate surface area is 711 Å². The van der Waals surface area contributed by atoms with E-state index in [1.54, 1.807) is 49.6 Å². The second-order valence-corrected chi connectivity index (χ2v) is 33.6. The van der Waals surface area contributed by atoms with E-state index in [0.717, 1.165) is 159 Å². The molecule has 8 bridgehead atoms. The lowest BCUT2D eigenvalue weighted by Gasteiger charge is -2.49. The maximum atomic E-state index is 13.8. The predicted molar refractivity (Wildman–Crippen MR) is 462 cm³/mol. The van der Waals surface area contributed by atoms with Crippen molar-refractivity contribution in [3.8, 4) is 68.8 Å². The summed E-state index contributed by atoms with van der Waals surface area (Å²) >= 11 is 0. The third kappa shape index (κ3) is 18.3. The van der Waals surface area contributed by atoms with Crippen LogP contribution < -0.4 is 18.9 Å². The van der Waals surface area contributed by atoms with Gasteiger partial charge < -0.3 is 38.5 Å². The van der Waals surface area contributed by atoms with Gasteiger partial charge in [-0.3, -0.25) is 59.0 Å². The molecule has 8 aliphatic heterocycles. The molecule has 0 radical (unpaired) electrons. The normalized spacial score (nSPS) is 22.5. The van der Waals surface area contributed by atoms with E-state index < -0.39 is 0 Å². The number of ether oxygens (including phenoxy) is 4. The average Bonchev–Trinajstić information content (AvgIpc) is 0.774. The molecule has 4 aliphatic carbocycles. The monoisotopic (exact) mass is 1630 g/mol. The molecule has 0 spiro atoms. The molecule has 12 fully saturated rings. The molecule has 8 saturated heterocycles. The lowest BCUT2D eigenvalue weighted by atomic mass is 9.77. The minimum atomic E-state index is -0.0465. The van der Waals surface area contributed by atoms with Crippen LogP contribution in [-0.4, -0.2) is 178 Å². The smallest absolute Gasteiger partial charge is 0.273 e. The van der Waals surface area contributed by atoms with Gasteiger partial charge in [-0.1, -0.05) is 48.5 Å². The molecule has 4 amide bonds. The zero-order valence-corrected chi connectivity index (χ0v) is 69.6. The van der Waals surface area contributed by atoms with Crippen molar-refractivity contribution in [3.05, 3.63) is 288 Å². The first-order valence-electron chi connectivity index (χ1n) is 42.6. The topological polar surface area (TPSA) is 273 Å². The van der Waals surface area contributed by atoms with E-state index in [9.17, 15) is 19.2 Å². The molecule has 20 heterocycles. The van der Waals surface area contributed by atoms with E-state index >= 15 is 0 Å². The Morgan fingerprint density at radius 2 is 0.648 bits per heavy atom. The average molecular weight is 1630 g/mol. The summed E-state index contributed by atoms with van der Waals surface area (Å²) in [5.74, 6) is 4.20. The summed E-state index contributed by atoms with van der Waals surface area (Å²) in [6.07, 6.45) is 33.1. The fourth-order valence-electron chi connectivity index (χ4n) is 18.8. The molecule has 24 nitrogen and oxygen atoms in total. The lowest BCUT2D eigenvalue weighted by molar-refractivity contribution is -0.0316. The van der Waals surface area contributed by atoms with Crippen LogP contribution in [0.5, 0.6) is 23.5 Å². The molecule has 0 aromatic carbocycles. The fourth-order valence-corrected chi connectivity index (χ4v) is 18.8. The van der Waals surface area contributed by atoms with Crippen LogP contribution in [0.4, 0.5) is 0 Å². The van der Waals surface area contributed by atoms with Crippen LogP contribution >= 0.6 is 0 Å². The number of piperidine rings is 8. The van der Waals surface area contributed by atoms with Gasteiger partial charge in [0.25, 0.3) is 23.6 Å². The first kappa shape index (κ1) is 81.3. The third-order valence-electron chi connectivity index (χ3n) is 24.9. The van der Waals surface area contributed by atoms with E-state index in [1.807, 2.05) is 244 Å². The number of amides is 4. The summed E-state index contributed by atoms with van der Waals surface area (Å²) < 4.78 is 25.0. The Kier molecular flexibility index (Phi) is 24.5. The Hall–Kier alpha value is -13.1. The van der Waals surface area contributed by atoms with Crippen LogP contribution in [0, 0.1) is 65.2 Å². The van der Waals surface area contributed by atoms with Crippen LogP contribution in [0.1, 0.15) is 152 Å². The van der Waals surface area contributed by atoms with Gasteiger partial charge in [-0.2, -0.15) is 0 Å². The van der Waals surface area contributed by atoms with Crippen molar-refractivity contribution < 1.29 is 38.1 Å². The Morgan fingerprint density at radius 1 is 0.295 bits per heavy atom. The van der Waals surface area contributed by atoms with Crippen LogP contribution in [-0.2, 0) is 0 Å². The van der Waals surface area contributed by atoms with E-state index in [4.69, 9.17) is 18.9 Å².